The van der Waals surface area contributed by atoms with Gasteiger partial charge in [-0.1, -0.05) is 27.2 Å². The third-order valence-electron chi connectivity index (χ3n) is 5.11. The maximum Gasteiger partial charge on any atom is 0.0195 e. The summed E-state index contributed by atoms with van der Waals surface area (Å²) in [6.45, 7) is 16.9. The van der Waals surface area contributed by atoms with E-state index in [1.54, 1.807) is 0 Å². The van der Waals surface area contributed by atoms with Gasteiger partial charge < -0.3 is 5.32 Å². The number of piperazine rings is 1. The van der Waals surface area contributed by atoms with Crippen LogP contribution in [-0.4, -0.2) is 61.2 Å². The second kappa shape index (κ2) is 7.24. The van der Waals surface area contributed by atoms with Crippen molar-refractivity contribution in [2.24, 2.45) is 5.41 Å². The van der Waals surface area contributed by atoms with E-state index in [0.29, 0.717) is 5.41 Å². The first kappa shape index (κ1) is 16.3. The van der Waals surface area contributed by atoms with Crippen molar-refractivity contribution in [3.8, 4) is 0 Å². The van der Waals surface area contributed by atoms with Crippen LogP contribution in [0.25, 0.3) is 0 Å². The molecule has 1 saturated heterocycles. The predicted octanol–water partition coefficient (Wildman–Crippen LogP) is 2.57. The molecule has 2 unspecified atom stereocenters. The van der Waals surface area contributed by atoms with Crippen LogP contribution in [0.1, 0.15) is 53.4 Å². The van der Waals surface area contributed by atoms with Crippen LogP contribution < -0.4 is 5.32 Å². The maximum absolute atomic E-state index is 3.77. The Morgan fingerprint density at radius 3 is 2.50 bits per heavy atom. The van der Waals surface area contributed by atoms with Crippen LogP contribution in [-0.2, 0) is 0 Å². The van der Waals surface area contributed by atoms with Gasteiger partial charge in [0.15, 0.2) is 0 Å². The SMILES string of the molecule is CCCC(C)(CNC1CC1)CN1CCN(CC)C(C)C1. The summed E-state index contributed by atoms with van der Waals surface area (Å²) in [5.74, 6) is 0. The van der Waals surface area contributed by atoms with Crippen molar-refractivity contribution < 1.29 is 0 Å². The average molecular weight is 281 g/mol. The number of rotatable bonds is 8. The van der Waals surface area contributed by atoms with Crippen molar-refractivity contribution in [1.82, 2.24) is 15.1 Å². The van der Waals surface area contributed by atoms with Gasteiger partial charge in [0.2, 0.25) is 0 Å². The van der Waals surface area contributed by atoms with Crippen molar-refractivity contribution in [3.05, 3.63) is 0 Å². The number of hydrogen-bond acceptors (Lipinski definition) is 3. The van der Waals surface area contributed by atoms with Crippen LogP contribution >= 0.6 is 0 Å². The van der Waals surface area contributed by atoms with E-state index in [2.05, 4.69) is 42.8 Å². The van der Waals surface area contributed by atoms with Crippen LogP contribution in [0.2, 0.25) is 0 Å². The molecule has 3 heteroatoms. The second-order valence-electron chi connectivity index (χ2n) is 7.43. The summed E-state index contributed by atoms with van der Waals surface area (Å²) in [6, 6.07) is 1.55. The maximum atomic E-state index is 3.77. The molecule has 1 heterocycles. The third-order valence-corrected chi connectivity index (χ3v) is 5.11. The molecule has 0 aromatic heterocycles. The monoisotopic (exact) mass is 281 g/mol. The summed E-state index contributed by atoms with van der Waals surface area (Å²) < 4.78 is 0. The van der Waals surface area contributed by atoms with Crippen molar-refractivity contribution >= 4 is 0 Å². The number of hydrogen-bond donors (Lipinski definition) is 1. The Labute approximate surface area is 126 Å². The highest BCUT2D eigenvalue weighted by atomic mass is 15.3. The van der Waals surface area contributed by atoms with E-state index in [0.717, 1.165) is 12.1 Å². The molecule has 2 rings (SSSR count). The Morgan fingerprint density at radius 1 is 1.20 bits per heavy atom. The molecular weight excluding hydrogens is 246 g/mol. The Balaban J connectivity index is 1.83. The summed E-state index contributed by atoms with van der Waals surface area (Å²) in [7, 11) is 0. The molecule has 0 bridgehead atoms. The molecule has 1 aliphatic heterocycles. The standard InChI is InChI=1S/C17H35N3/c1-5-9-17(4,13-18-16-7-8-16)14-19-10-11-20(6-2)15(3)12-19/h15-16,18H,5-14H2,1-4H3. The largest absolute Gasteiger partial charge is 0.313 e. The zero-order valence-corrected chi connectivity index (χ0v) is 14.1. The van der Waals surface area contributed by atoms with Gasteiger partial charge in [0.05, 0.1) is 0 Å². The van der Waals surface area contributed by atoms with Crippen LogP contribution in [0.15, 0.2) is 0 Å². The minimum atomic E-state index is 0.450. The van der Waals surface area contributed by atoms with Gasteiger partial charge >= 0.3 is 0 Å². The topological polar surface area (TPSA) is 18.5 Å². The number of nitrogens with zero attached hydrogens (tertiary/aromatic N) is 2. The molecule has 0 amide bonds. The molecule has 0 aromatic carbocycles. The van der Waals surface area contributed by atoms with E-state index in [1.165, 1.54) is 65.0 Å². The van der Waals surface area contributed by atoms with Gasteiger partial charge in [-0.25, -0.2) is 0 Å². The highest BCUT2D eigenvalue weighted by molar-refractivity contribution is 4.89. The molecule has 3 nitrogen and oxygen atoms in total. The summed E-state index contributed by atoms with van der Waals surface area (Å²) in [5.41, 5.74) is 0.450. The molecule has 1 saturated carbocycles. The molecule has 0 radical (unpaired) electrons. The van der Waals surface area contributed by atoms with Crippen LogP contribution in [0.5, 0.6) is 0 Å². The Hall–Kier alpha value is -0.120. The van der Waals surface area contributed by atoms with Crippen molar-refractivity contribution in [2.75, 3.05) is 39.3 Å². The first-order valence-electron chi connectivity index (χ1n) is 8.76. The molecule has 2 fully saturated rings. The van der Waals surface area contributed by atoms with Gasteiger partial charge in [-0.2, -0.15) is 0 Å². The molecular formula is C17H35N3. The third kappa shape index (κ3) is 4.71. The zero-order valence-electron chi connectivity index (χ0n) is 14.1. The fourth-order valence-electron chi connectivity index (χ4n) is 3.73. The molecule has 2 atom stereocenters. The second-order valence-corrected chi connectivity index (χ2v) is 7.43. The Morgan fingerprint density at radius 2 is 1.95 bits per heavy atom. The smallest absolute Gasteiger partial charge is 0.0195 e. The fraction of sp³-hybridized carbons (Fsp3) is 1.00. The number of nitrogens with one attached hydrogen (secondary N) is 1. The van der Waals surface area contributed by atoms with Gasteiger partial charge in [-0.15, -0.1) is 0 Å². The molecule has 20 heavy (non-hydrogen) atoms. The van der Waals surface area contributed by atoms with Gasteiger partial charge in [-0.3, -0.25) is 9.80 Å². The summed E-state index contributed by atoms with van der Waals surface area (Å²) in [4.78, 5) is 5.32. The summed E-state index contributed by atoms with van der Waals surface area (Å²) in [6.07, 6.45) is 5.44. The Bertz CT molecular complexity index is 290. The van der Waals surface area contributed by atoms with Crippen LogP contribution in [0.4, 0.5) is 0 Å². The lowest BCUT2D eigenvalue weighted by atomic mass is 9.84. The quantitative estimate of drug-likeness (QED) is 0.738. The van der Waals surface area contributed by atoms with Gasteiger partial charge in [0.25, 0.3) is 0 Å². The van der Waals surface area contributed by atoms with Gasteiger partial charge in [0, 0.05) is 44.8 Å². The van der Waals surface area contributed by atoms with Crippen molar-refractivity contribution in [1.29, 1.82) is 0 Å². The summed E-state index contributed by atoms with van der Waals surface area (Å²) in [5, 5.41) is 3.77. The molecule has 1 N–H and O–H groups in total. The normalized spacial score (nSPS) is 28.5. The van der Waals surface area contributed by atoms with Crippen LogP contribution in [0, 0.1) is 5.41 Å². The van der Waals surface area contributed by atoms with E-state index >= 15 is 0 Å². The molecule has 1 aliphatic carbocycles. The number of likely N-dealkylation sites (N-methyl/N-ethyl adjacent to an activating group) is 1. The van der Waals surface area contributed by atoms with Gasteiger partial charge in [-0.05, 0) is 38.1 Å². The summed E-state index contributed by atoms with van der Waals surface area (Å²) >= 11 is 0. The lowest BCUT2D eigenvalue weighted by Crippen LogP contribution is -2.54. The fourth-order valence-corrected chi connectivity index (χ4v) is 3.73. The highest BCUT2D eigenvalue weighted by Gasteiger charge is 2.32. The first-order chi connectivity index (χ1) is 9.56. The van der Waals surface area contributed by atoms with E-state index < -0.39 is 0 Å². The van der Waals surface area contributed by atoms with E-state index in [4.69, 9.17) is 0 Å². The lowest BCUT2D eigenvalue weighted by molar-refractivity contribution is 0.0548. The highest BCUT2D eigenvalue weighted by Crippen LogP contribution is 2.27. The minimum Gasteiger partial charge on any atom is -0.313 e. The molecule has 0 aromatic rings. The molecule has 0 spiro atoms. The van der Waals surface area contributed by atoms with E-state index in [9.17, 15) is 0 Å². The van der Waals surface area contributed by atoms with E-state index in [1.807, 2.05) is 0 Å². The van der Waals surface area contributed by atoms with E-state index in [-0.39, 0.29) is 0 Å². The average Bonchev–Trinajstić information content (AvgIpc) is 3.21. The van der Waals surface area contributed by atoms with Crippen molar-refractivity contribution in [2.45, 2.75) is 65.5 Å². The Kier molecular flexibility index (Phi) is 5.88. The van der Waals surface area contributed by atoms with Crippen LogP contribution in [0.3, 0.4) is 0 Å². The lowest BCUT2D eigenvalue weighted by Gasteiger charge is -2.43. The van der Waals surface area contributed by atoms with Gasteiger partial charge in [0.1, 0.15) is 0 Å². The predicted molar refractivity (Wildman–Crippen MR) is 87.2 cm³/mol. The molecule has 2 aliphatic rings. The first-order valence-corrected chi connectivity index (χ1v) is 8.76. The van der Waals surface area contributed by atoms with Crippen molar-refractivity contribution in [3.63, 3.8) is 0 Å². The zero-order chi connectivity index (χ0) is 14.6. The minimum absolute atomic E-state index is 0.450. The molecule has 118 valence electrons.